The van der Waals surface area contributed by atoms with Gasteiger partial charge in [-0.3, -0.25) is 0 Å². The molecule has 1 aliphatic rings. The van der Waals surface area contributed by atoms with Crippen molar-refractivity contribution in [1.29, 1.82) is 0 Å². The molecule has 0 amide bonds. The molecule has 0 aliphatic heterocycles. The van der Waals surface area contributed by atoms with Crippen LogP contribution in [0.1, 0.15) is 31.6 Å². The van der Waals surface area contributed by atoms with Crippen molar-refractivity contribution in [3.05, 3.63) is 35.7 Å². The summed E-state index contributed by atoms with van der Waals surface area (Å²) in [6.07, 6.45) is 2.86. The zero-order valence-electron chi connectivity index (χ0n) is 10.7. The topological polar surface area (TPSA) is 43.8 Å². The molecular weight excluding hydrogens is 248 g/mol. The molecule has 1 saturated carbocycles. The fourth-order valence-corrected chi connectivity index (χ4v) is 2.36. The van der Waals surface area contributed by atoms with Gasteiger partial charge in [-0.25, -0.2) is 13.8 Å². The molecule has 2 aromatic rings. The molecular formula is C14H15F2N3. The summed E-state index contributed by atoms with van der Waals surface area (Å²) in [5, 5.41) is 0. The number of hydrogen-bond acceptors (Lipinski definition) is 2. The van der Waals surface area contributed by atoms with E-state index in [1.807, 2.05) is 11.5 Å². The molecule has 1 heterocycles. The summed E-state index contributed by atoms with van der Waals surface area (Å²) in [5.74, 6) is 0.272. The summed E-state index contributed by atoms with van der Waals surface area (Å²) in [5.41, 5.74) is 6.56. The Balaban J connectivity index is 2.17. The SMILES string of the molecule is CCc1nc(-c2cc(F)ccc2F)c(N)n1C1CC1. The smallest absolute Gasteiger partial charge is 0.132 e. The van der Waals surface area contributed by atoms with Gasteiger partial charge in [0.1, 0.15) is 29.0 Å². The number of aromatic nitrogens is 2. The quantitative estimate of drug-likeness (QED) is 0.923. The normalized spacial score (nSPS) is 14.9. The molecule has 5 heteroatoms. The van der Waals surface area contributed by atoms with Crippen molar-refractivity contribution in [2.45, 2.75) is 32.2 Å². The van der Waals surface area contributed by atoms with Crippen LogP contribution < -0.4 is 5.73 Å². The average molecular weight is 263 g/mol. The van der Waals surface area contributed by atoms with E-state index in [-0.39, 0.29) is 5.56 Å². The zero-order chi connectivity index (χ0) is 13.6. The van der Waals surface area contributed by atoms with Crippen LogP contribution in [0.25, 0.3) is 11.3 Å². The van der Waals surface area contributed by atoms with Crippen LogP contribution in [0.4, 0.5) is 14.6 Å². The lowest BCUT2D eigenvalue weighted by Gasteiger charge is -2.06. The molecule has 1 fully saturated rings. The third kappa shape index (κ3) is 1.99. The molecule has 0 saturated heterocycles. The number of nitrogens with two attached hydrogens (primary N) is 1. The van der Waals surface area contributed by atoms with Gasteiger partial charge in [-0.15, -0.1) is 0 Å². The monoisotopic (exact) mass is 263 g/mol. The number of imidazole rings is 1. The summed E-state index contributed by atoms with van der Waals surface area (Å²) >= 11 is 0. The van der Waals surface area contributed by atoms with Gasteiger partial charge in [0.2, 0.25) is 0 Å². The highest BCUT2D eigenvalue weighted by atomic mass is 19.1. The molecule has 3 rings (SSSR count). The largest absolute Gasteiger partial charge is 0.383 e. The van der Waals surface area contributed by atoms with Crippen LogP contribution in [0.3, 0.4) is 0 Å². The van der Waals surface area contributed by atoms with E-state index in [9.17, 15) is 8.78 Å². The van der Waals surface area contributed by atoms with Crippen LogP contribution in [0.2, 0.25) is 0 Å². The Hall–Kier alpha value is -1.91. The minimum absolute atomic E-state index is 0.131. The summed E-state index contributed by atoms with van der Waals surface area (Å²) in [7, 11) is 0. The lowest BCUT2D eigenvalue weighted by atomic mass is 10.1. The molecule has 3 nitrogen and oxygen atoms in total. The lowest BCUT2D eigenvalue weighted by molar-refractivity contribution is 0.603. The van der Waals surface area contributed by atoms with E-state index >= 15 is 0 Å². The number of rotatable bonds is 3. The Labute approximate surface area is 110 Å². The second-order valence-electron chi connectivity index (χ2n) is 4.84. The number of aryl methyl sites for hydroxylation is 1. The van der Waals surface area contributed by atoms with Crippen molar-refractivity contribution in [3.63, 3.8) is 0 Å². The van der Waals surface area contributed by atoms with Crippen molar-refractivity contribution >= 4 is 5.82 Å². The Bertz CT molecular complexity index is 630. The zero-order valence-corrected chi connectivity index (χ0v) is 10.7. The predicted octanol–water partition coefficient (Wildman–Crippen LogP) is 3.31. The van der Waals surface area contributed by atoms with E-state index in [1.54, 1.807) is 0 Å². The maximum Gasteiger partial charge on any atom is 0.132 e. The minimum Gasteiger partial charge on any atom is -0.383 e. The van der Waals surface area contributed by atoms with Crippen LogP contribution in [-0.4, -0.2) is 9.55 Å². The second-order valence-corrected chi connectivity index (χ2v) is 4.84. The Morgan fingerprint density at radius 1 is 1.37 bits per heavy atom. The van der Waals surface area contributed by atoms with Crippen molar-refractivity contribution in [3.8, 4) is 11.3 Å². The first kappa shape index (κ1) is 12.1. The van der Waals surface area contributed by atoms with Gasteiger partial charge < -0.3 is 10.3 Å². The molecule has 2 N–H and O–H groups in total. The van der Waals surface area contributed by atoms with Gasteiger partial charge in [-0.1, -0.05) is 6.92 Å². The van der Waals surface area contributed by atoms with Crippen LogP contribution in [-0.2, 0) is 6.42 Å². The van der Waals surface area contributed by atoms with Crippen molar-refractivity contribution in [2.24, 2.45) is 0 Å². The lowest BCUT2D eigenvalue weighted by Crippen LogP contribution is -2.04. The molecule has 0 bridgehead atoms. The summed E-state index contributed by atoms with van der Waals surface area (Å²) < 4.78 is 29.1. The fourth-order valence-electron chi connectivity index (χ4n) is 2.36. The third-order valence-corrected chi connectivity index (χ3v) is 3.43. The molecule has 19 heavy (non-hydrogen) atoms. The molecule has 1 aromatic heterocycles. The predicted molar refractivity (Wildman–Crippen MR) is 69.6 cm³/mol. The maximum atomic E-state index is 13.8. The van der Waals surface area contributed by atoms with E-state index in [1.165, 1.54) is 0 Å². The number of anilines is 1. The highest BCUT2D eigenvalue weighted by Gasteiger charge is 2.30. The molecule has 1 aliphatic carbocycles. The van der Waals surface area contributed by atoms with Crippen molar-refractivity contribution in [2.75, 3.05) is 5.73 Å². The molecule has 0 spiro atoms. The van der Waals surface area contributed by atoms with Crippen LogP contribution in [0, 0.1) is 11.6 Å². The van der Waals surface area contributed by atoms with Gasteiger partial charge in [0.25, 0.3) is 0 Å². The Kier molecular flexibility index (Phi) is 2.77. The molecule has 0 atom stereocenters. The second kappa shape index (κ2) is 4.33. The van der Waals surface area contributed by atoms with Crippen molar-refractivity contribution < 1.29 is 8.78 Å². The van der Waals surface area contributed by atoms with E-state index in [4.69, 9.17) is 5.73 Å². The number of halogens is 2. The first-order valence-corrected chi connectivity index (χ1v) is 6.43. The number of nitrogen functional groups attached to an aromatic ring is 1. The highest BCUT2D eigenvalue weighted by molar-refractivity contribution is 5.71. The average Bonchev–Trinajstić information content (AvgIpc) is 3.17. The van der Waals surface area contributed by atoms with Gasteiger partial charge in [0.15, 0.2) is 0 Å². The molecule has 1 aromatic carbocycles. The maximum absolute atomic E-state index is 13.8. The van der Waals surface area contributed by atoms with Gasteiger partial charge >= 0.3 is 0 Å². The highest BCUT2D eigenvalue weighted by Crippen LogP contribution is 2.41. The standard InChI is InChI=1S/C14H15F2N3/c1-2-12-18-13(14(17)19(12)9-4-5-9)10-7-8(15)3-6-11(10)16/h3,6-7,9H,2,4-5,17H2,1H3. The van der Waals surface area contributed by atoms with Crippen LogP contribution in [0.5, 0.6) is 0 Å². The molecule has 0 radical (unpaired) electrons. The summed E-state index contributed by atoms with van der Waals surface area (Å²) in [6.45, 7) is 1.98. The summed E-state index contributed by atoms with van der Waals surface area (Å²) in [4.78, 5) is 4.39. The van der Waals surface area contributed by atoms with Crippen LogP contribution >= 0.6 is 0 Å². The first-order chi connectivity index (χ1) is 9.11. The van der Waals surface area contributed by atoms with E-state index in [2.05, 4.69) is 4.98 Å². The van der Waals surface area contributed by atoms with Gasteiger partial charge in [0.05, 0.1) is 0 Å². The Morgan fingerprint density at radius 2 is 2.11 bits per heavy atom. The fraction of sp³-hybridized carbons (Fsp3) is 0.357. The Morgan fingerprint density at radius 3 is 2.74 bits per heavy atom. The first-order valence-electron chi connectivity index (χ1n) is 6.43. The van der Waals surface area contributed by atoms with Gasteiger partial charge in [-0.05, 0) is 31.0 Å². The van der Waals surface area contributed by atoms with E-state index in [0.29, 0.717) is 17.6 Å². The van der Waals surface area contributed by atoms with Crippen LogP contribution in [0.15, 0.2) is 18.2 Å². The third-order valence-electron chi connectivity index (χ3n) is 3.43. The van der Waals surface area contributed by atoms with E-state index in [0.717, 1.165) is 43.3 Å². The van der Waals surface area contributed by atoms with E-state index < -0.39 is 11.6 Å². The van der Waals surface area contributed by atoms with Crippen molar-refractivity contribution in [1.82, 2.24) is 9.55 Å². The number of hydrogen-bond donors (Lipinski definition) is 1. The number of benzene rings is 1. The number of nitrogens with zero attached hydrogens (tertiary/aromatic N) is 2. The molecule has 0 unspecified atom stereocenters. The minimum atomic E-state index is -0.504. The van der Waals surface area contributed by atoms with Gasteiger partial charge in [-0.2, -0.15) is 0 Å². The molecule has 100 valence electrons. The summed E-state index contributed by atoms with van der Waals surface area (Å²) in [6, 6.07) is 3.71. The van der Waals surface area contributed by atoms with Gasteiger partial charge in [0, 0.05) is 18.0 Å².